The summed E-state index contributed by atoms with van der Waals surface area (Å²) in [7, 11) is 2.07. The number of rotatable bonds is 3. The summed E-state index contributed by atoms with van der Waals surface area (Å²) >= 11 is 6.11. The van der Waals surface area contributed by atoms with Gasteiger partial charge in [-0.25, -0.2) is 5.01 Å². The number of halogens is 1. The Morgan fingerprint density at radius 3 is 2.82 bits per heavy atom. The van der Waals surface area contributed by atoms with Crippen LogP contribution < -0.4 is 14.9 Å². The van der Waals surface area contributed by atoms with E-state index in [0.29, 0.717) is 16.5 Å². The summed E-state index contributed by atoms with van der Waals surface area (Å²) in [4.78, 5) is 14.2. The van der Waals surface area contributed by atoms with Crippen molar-refractivity contribution >= 4 is 23.6 Å². The molecule has 7 heteroatoms. The van der Waals surface area contributed by atoms with Crippen LogP contribution in [0.1, 0.15) is 5.56 Å². The Balaban J connectivity index is 1.59. The fourth-order valence-corrected chi connectivity index (χ4v) is 2.64. The van der Waals surface area contributed by atoms with Gasteiger partial charge in [0.15, 0.2) is 11.5 Å². The van der Waals surface area contributed by atoms with E-state index in [-0.39, 0.29) is 12.7 Å². The average molecular weight is 324 g/mol. The first-order valence-electron chi connectivity index (χ1n) is 7.13. The number of hydrogen-bond donors (Lipinski definition) is 1. The van der Waals surface area contributed by atoms with E-state index in [0.717, 1.165) is 31.7 Å². The van der Waals surface area contributed by atoms with E-state index in [2.05, 4.69) is 17.4 Å². The SMILES string of the molecule is CN1CCN(NC(=O)/C=C/c2cc(Cl)c3c(c2)OCO3)CC1. The third-order valence-corrected chi connectivity index (χ3v) is 3.93. The van der Waals surface area contributed by atoms with Crippen molar-refractivity contribution in [3.63, 3.8) is 0 Å². The number of nitrogens with one attached hydrogen (secondary N) is 1. The Morgan fingerprint density at radius 2 is 2.05 bits per heavy atom. The summed E-state index contributed by atoms with van der Waals surface area (Å²) < 4.78 is 10.6. The Hall–Kier alpha value is -1.76. The number of benzene rings is 1. The highest BCUT2D eigenvalue weighted by Crippen LogP contribution is 2.39. The number of nitrogens with zero attached hydrogens (tertiary/aromatic N) is 2. The number of amides is 1. The zero-order valence-corrected chi connectivity index (χ0v) is 13.1. The van der Waals surface area contributed by atoms with Gasteiger partial charge in [-0.1, -0.05) is 11.6 Å². The van der Waals surface area contributed by atoms with E-state index in [4.69, 9.17) is 21.1 Å². The number of likely N-dealkylation sites (N-methyl/N-ethyl adjacent to an activating group) is 1. The quantitative estimate of drug-likeness (QED) is 0.851. The van der Waals surface area contributed by atoms with Crippen LogP contribution in [-0.4, -0.2) is 55.8 Å². The number of carbonyl (C=O) groups is 1. The molecule has 1 aromatic carbocycles. The first-order valence-corrected chi connectivity index (χ1v) is 7.51. The van der Waals surface area contributed by atoms with Gasteiger partial charge in [-0.2, -0.15) is 0 Å². The molecule has 6 nitrogen and oxygen atoms in total. The molecule has 0 atom stereocenters. The molecule has 0 aromatic heterocycles. The van der Waals surface area contributed by atoms with Gasteiger partial charge in [0.05, 0.1) is 5.02 Å². The van der Waals surface area contributed by atoms with Crippen molar-refractivity contribution in [2.45, 2.75) is 0 Å². The summed E-state index contributed by atoms with van der Waals surface area (Å²) in [5.41, 5.74) is 3.66. The molecule has 0 saturated carbocycles. The molecule has 1 amide bonds. The lowest BCUT2D eigenvalue weighted by Crippen LogP contribution is -2.52. The van der Waals surface area contributed by atoms with Crippen molar-refractivity contribution in [2.75, 3.05) is 40.0 Å². The van der Waals surface area contributed by atoms with Gasteiger partial charge < -0.3 is 14.4 Å². The summed E-state index contributed by atoms with van der Waals surface area (Å²) in [6.07, 6.45) is 3.20. The van der Waals surface area contributed by atoms with Crippen molar-refractivity contribution in [3.05, 3.63) is 28.8 Å². The number of hydrazine groups is 1. The lowest BCUT2D eigenvalue weighted by molar-refractivity contribution is -0.121. The molecule has 3 rings (SSSR count). The molecule has 0 radical (unpaired) electrons. The molecule has 1 N–H and O–H groups in total. The van der Waals surface area contributed by atoms with Gasteiger partial charge in [0, 0.05) is 32.3 Å². The molecule has 0 unspecified atom stereocenters. The van der Waals surface area contributed by atoms with E-state index in [1.165, 1.54) is 6.08 Å². The predicted octanol–water partition coefficient (Wildman–Crippen LogP) is 1.36. The molecule has 22 heavy (non-hydrogen) atoms. The number of hydrogen-bond acceptors (Lipinski definition) is 5. The van der Waals surface area contributed by atoms with Gasteiger partial charge in [-0.05, 0) is 30.8 Å². The van der Waals surface area contributed by atoms with Crippen LogP contribution in [0.3, 0.4) is 0 Å². The van der Waals surface area contributed by atoms with Crippen molar-refractivity contribution in [1.29, 1.82) is 0 Å². The average Bonchev–Trinajstić information content (AvgIpc) is 2.97. The minimum atomic E-state index is -0.154. The van der Waals surface area contributed by atoms with Crippen LogP contribution in [0.4, 0.5) is 0 Å². The fraction of sp³-hybridized carbons (Fsp3) is 0.400. The molecule has 1 saturated heterocycles. The Morgan fingerprint density at radius 1 is 1.27 bits per heavy atom. The fourth-order valence-electron chi connectivity index (χ4n) is 2.37. The Kier molecular flexibility index (Phi) is 4.52. The van der Waals surface area contributed by atoms with Crippen LogP contribution in [0, 0.1) is 0 Å². The van der Waals surface area contributed by atoms with E-state index >= 15 is 0 Å². The summed E-state index contributed by atoms with van der Waals surface area (Å²) in [5, 5.41) is 2.41. The predicted molar refractivity (Wildman–Crippen MR) is 83.8 cm³/mol. The smallest absolute Gasteiger partial charge is 0.258 e. The summed E-state index contributed by atoms with van der Waals surface area (Å²) in [5.74, 6) is 1.01. The zero-order valence-electron chi connectivity index (χ0n) is 12.3. The molecular weight excluding hydrogens is 306 g/mol. The standard InChI is InChI=1S/C15H18ClN3O3/c1-18-4-6-19(7-5-18)17-14(20)3-2-11-8-12(16)15-13(9-11)21-10-22-15/h2-3,8-9H,4-7,10H2,1H3,(H,17,20)/b3-2+. The molecule has 0 aliphatic carbocycles. The number of fused-ring (bicyclic) bond motifs is 1. The van der Waals surface area contributed by atoms with Crippen LogP contribution in [0.15, 0.2) is 18.2 Å². The van der Waals surface area contributed by atoms with Crippen LogP contribution in [-0.2, 0) is 4.79 Å². The van der Waals surface area contributed by atoms with Crippen LogP contribution in [0.25, 0.3) is 6.08 Å². The molecule has 2 heterocycles. The van der Waals surface area contributed by atoms with E-state index in [1.54, 1.807) is 18.2 Å². The molecule has 1 aromatic rings. The molecule has 0 spiro atoms. The Bertz CT molecular complexity index is 598. The second-order valence-corrected chi connectivity index (χ2v) is 5.74. The summed E-state index contributed by atoms with van der Waals surface area (Å²) in [6.45, 7) is 3.72. The molecule has 1 fully saturated rings. The monoisotopic (exact) mass is 323 g/mol. The van der Waals surface area contributed by atoms with Crippen molar-refractivity contribution in [1.82, 2.24) is 15.3 Å². The zero-order chi connectivity index (χ0) is 15.5. The largest absolute Gasteiger partial charge is 0.454 e. The topological polar surface area (TPSA) is 54.0 Å². The molecule has 2 aliphatic heterocycles. The number of ether oxygens (including phenoxy) is 2. The van der Waals surface area contributed by atoms with Gasteiger partial charge in [-0.15, -0.1) is 0 Å². The third-order valence-electron chi connectivity index (χ3n) is 3.65. The van der Waals surface area contributed by atoms with Crippen LogP contribution in [0.2, 0.25) is 5.02 Å². The van der Waals surface area contributed by atoms with E-state index in [9.17, 15) is 4.79 Å². The maximum atomic E-state index is 11.9. The molecule has 118 valence electrons. The second-order valence-electron chi connectivity index (χ2n) is 5.34. The maximum absolute atomic E-state index is 11.9. The third kappa shape index (κ3) is 3.52. The highest BCUT2D eigenvalue weighted by atomic mass is 35.5. The van der Waals surface area contributed by atoms with Gasteiger partial charge in [0.25, 0.3) is 5.91 Å². The van der Waals surface area contributed by atoms with Gasteiger partial charge in [-0.3, -0.25) is 10.2 Å². The minimum absolute atomic E-state index is 0.154. The van der Waals surface area contributed by atoms with E-state index < -0.39 is 0 Å². The number of piperazine rings is 1. The highest BCUT2D eigenvalue weighted by molar-refractivity contribution is 6.32. The summed E-state index contributed by atoms with van der Waals surface area (Å²) in [6, 6.07) is 3.54. The second kappa shape index (κ2) is 6.56. The lowest BCUT2D eigenvalue weighted by atomic mass is 10.2. The van der Waals surface area contributed by atoms with Crippen molar-refractivity contribution < 1.29 is 14.3 Å². The van der Waals surface area contributed by atoms with Crippen molar-refractivity contribution in [3.8, 4) is 11.5 Å². The van der Waals surface area contributed by atoms with Gasteiger partial charge in [0.2, 0.25) is 6.79 Å². The molecule has 0 bridgehead atoms. The Labute approximate surface area is 134 Å². The normalized spacial score (nSPS) is 18.8. The first kappa shape index (κ1) is 15.1. The lowest BCUT2D eigenvalue weighted by Gasteiger charge is -2.31. The molecule has 2 aliphatic rings. The van der Waals surface area contributed by atoms with E-state index in [1.807, 2.05) is 5.01 Å². The van der Waals surface area contributed by atoms with Crippen LogP contribution in [0.5, 0.6) is 11.5 Å². The van der Waals surface area contributed by atoms with Gasteiger partial charge in [0.1, 0.15) is 0 Å². The van der Waals surface area contributed by atoms with Crippen LogP contribution >= 0.6 is 11.6 Å². The van der Waals surface area contributed by atoms with Gasteiger partial charge >= 0.3 is 0 Å². The first-order chi connectivity index (χ1) is 10.6. The minimum Gasteiger partial charge on any atom is -0.454 e. The van der Waals surface area contributed by atoms with Crippen molar-refractivity contribution in [2.24, 2.45) is 0 Å². The highest BCUT2D eigenvalue weighted by Gasteiger charge is 2.18. The maximum Gasteiger partial charge on any atom is 0.258 e. The molecular formula is C15H18ClN3O3. The number of carbonyl (C=O) groups excluding carboxylic acids is 1.